The molecule has 0 saturated heterocycles. The van der Waals surface area contributed by atoms with Crippen LogP contribution in [0.5, 0.6) is 17.8 Å². The van der Waals surface area contributed by atoms with Crippen LogP contribution in [0.25, 0.3) is 28.1 Å². The van der Waals surface area contributed by atoms with Crippen molar-refractivity contribution in [3.63, 3.8) is 0 Å². The number of rotatable bonds is 18. The SMILES string of the molecule is CCCC1=NC(n2nc(C)c(C)c2[S][AlH])=CC1(c1ccccc1)c1ccccc1.CCCc1nc(-n2nc(C(F)(F)F)cc2[O][AlH])nn1-c1ccccc1.CCc1nc([O][AlH])n(-c2csc(CC(F)(F)F)n2)n1.[C-]#[N+]c1cc([O][GaH])n(C2=NC(C)(C)C(CCC)=N2)n1. The van der Waals surface area contributed by atoms with Gasteiger partial charge in [-0.3, -0.25) is 0 Å². The van der Waals surface area contributed by atoms with Gasteiger partial charge in [-0.25, -0.2) is 29.5 Å². The van der Waals surface area contributed by atoms with Crippen LogP contribution in [0.3, 0.4) is 0 Å². The Hall–Kier alpha value is -7.00. The van der Waals surface area contributed by atoms with E-state index in [4.69, 9.17) is 27.8 Å². The maximum atomic E-state index is 12.9. The number of para-hydroxylation sites is 1. The summed E-state index contributed by atoms with van der Waals surface area (Å²) in [6.07, 6.45) is -1.59. The second kappa shape index (κ2) is 31.3. The number of aryl methyl sites for hydroxylation is 3. The minimum absolute atomic E-state index is 0.0134. The summed E-state index contributed by atoms with van der Waals surface area (Å²) < 4.78 is 98.4. The zero-order valence-electron chi connectivity index (χ0n) is 51.9. The molecular formula is C60H63Al3F6GaN17O3S2. The molecule has 0 N–H and O–H groups in total. The molecule has 4 radical (unpaired) electrons. The van der Waals surface area contributed by atoms with Crippen LogP contribution in [0, 0.1) is 20.4 Å². The predicted octanol–water partition coefficient (Wildman–Crippen LogP) is 11.5. The molecule has 3 aromatic carbocycles. The van der Waals surface area contributed by atoms with E-state index < -0.39 is 24.5 Å². The molecule has 9 aromatic rings. The molecule has 0 amide bonds. The third-order valence-electron chi connectivity index (χ3n) is 14.2. The van der Waals surface area contributed by atoms with Crippen molar-refractivity contribution in [3.05, 3.63) is 171 Å². The summed E-state index contributed by atoms with van der Waals surface area (Å²) >= 11 is 5.73. The Morgan fingerprint density at radius 1 is 0.696 bits per heavy atom. The van der Waals surface area contributed by atoms with E-state index in [1.54, 1.807) is 20.9 Å². The molecule has 0 fully saturated rings. The topological polar surface area (TPSA) is 197 Å². The van der Waals surface area contributed by atoms with Crippen molar-refractivity contribution in [1.29, 1.82) is 0 Å². The monoisotopic (exact) mass is 1400 g/mol. The van der Waals surface area contributed by atoms with Crippen molar-refractivity contribution in [2.75, 3.05) is 0 Å². The Labute approximate surface area is 570 Å². The van der Waals surface area contributed by atoms with Crippen LogP contribution in [-0.2, 0) is 30.9 Å². The van der Waals surface area contributed by atoms with Crippen LogP contribution in [0.2, 0.25) is 0 Å². The molecule has 8 heterocycles. The minimum atomic E-state index is -4.57. The molecule has 11 rings (SSSR count). The number of thiazole rings is 1. The van der Waals surface area contributed by atoms with E-state index in [1.165, 1.54) is 58.8 Å². The third kappa shape index (κ3) is 16.5. The van der Waals surface area contributed by atoms with Gasteiger partial charge >= 0.3 is 168 Å². The van der Waals surface area contributed by atoms with E-state index in [-0.39, 0.29) is 39.6 Å². The van der Waals surface area contributed by atoms with Crippen LogP contribution in [0.1, 0.15) is 118 Å². The first-order valence-electron chi connectivity index (χ1n) is 29.0. The van der Waals surface area contributed by atoms with E-state index in [1.807, 2.05) is 77.9 Å². The normalized spacial score (nSPS) is 13.9. The number of nitrogens with zero attached hydrogens (tertiary/aromatic N) is 17. The summed E-state index contributed by atoms with van der Waals surface area (Å²) in [4.78, 5) is 30.0. The molecule has 0 bridgehead atoms. The number of hydrogen-bond acceptors (Lipinski definition) is 16. The molecule has 2 aliphatic rings. The first-order chi connectivity index (χ1) is 44.0. The van der Waals surface area contributed by atoms with Crippen molar-refractivity contribution in [2.45, 2.75) is 135 Å². The first kappa shape index (κ1) is 70.9. The average Bonchev–Trinajstić information content (AvgIpc) is 1.55. The van der Waals surface area contributed by atoms with E-state index in [2.05, 4.69) is 145 Å². The van der Waals surface area contributed by atoms with Gasteiger partial charge in [0.05, 0.1) is 28.2 Å². The van der Waals surface area contributed by atoms with Gasteiger partial charge in [-0.05, 0) is 56.0 Å². The van der Waals surface area contributed by atoms with Crippen LogP contribution in [0.15, 0.2) is 135 Å². The zero-order valence-corrected chi connectivity index (χ0v) is 60.7. The van der Waals surface area contributed by atoms with Gasteiger partial charge in [-0.1, -0.05) is 106 Å². The number of halogens is 6. The van der Waals surface area contributed by atoms with E-state index in [0.29, 0.717) is 61.1 Å². The number of allylic oxidation sites excluding steroid dienone is 1. The summed E-state index contributed by atoms with van der Waals surface area (Å²) in [5, 5.41) is 23.7. The Kier molecular flexibility index (Phi) is 24.1. The maximum absolute atomic E-state index is 12.9. The molecule has 2 aliphatic heterocycles. The number of aliphatic imine (C=N–C) groups is 3. The van der Waals surface area contributed by atoms with E-state index in [0.717, 1.165) is 93.7 Å². The molecule has 32 heteroatoms. The van der Waals surface area contributed by atoms with Crippen molar-refractivity contribution >= 4 is 118 Å². The second-order valence-corrected chi connectivity index (χ2v) is 24.7. The average molecular weight is 1400 g/mol. The number of aromatic nitrogens is 13. The van der Waals surface area contributed by atoms with Crippen molar-refractivity contribution in [1.82, 2.24) is 63.9 Å². The van der Waals surface area contributed by atoms with Gasteiger partial charge in [-0.15, -0.1) is 21.5 Å². The third-order valence-corrected chi connectivity index (χ3v) is 17.8. The quantitative estimate of drug-likeness (QED) is 0.0448. The van der Waals surface area contributed by atoms with E-state index in [9.17, 15) is 26.3 Å². The Bertz CT molecular complexity index is 4100. The van der Waals surface area contributed by atoms with Crippen LogP contribution < -0.4 is 11.1 Å². The standard InChI is InChI=1S/C24H25N3S.C15H14F3N5O.C12H15N5O.C9H9F3N4OS.3Al.Ga.4H/c1-4-11-21-24(19-12-7-5-8-13-19,20-14-9-6-10-15-20)16-22(25-21)27-23(28)17(2)18(3)26-27;1-2-6-12-19-14(21-22(12)10-7-4-3-5-8-10)23-13(24)9-11(20-23)15(16,17)18;1-5-6-8-12(2,3)15-11(14-8)17-10(18)7-9(13-4)16-17;1-2-5-13-8(17)16(15-5)6-4-18-7(14-6)3-9(10,11)12;;;;;;;;/h5-10,12-16,28H,4,11H2,1-3H3;3-5,7-9,24H,2,6H2,1H3;7,18H,5-6H2,1-3H3;4H,2-3H2,1H3,(H,13,15,17);;;;;;;;/q;;;;4*+1;;;;/p-4. The number of alkyl halides is 6. The molecule has 92 heavy (non-hydrogen) atoms. The summed E-state index contributed by atoms with van der Waals surface area (Å²) in [7, 11) is 1.75. The molecule has 0 aliphatic carbocycles. The van der Waals surface area contributed by atoms with Crippen LogP contribution in [0.4, 0.5) is 32.2 Å². The molecule has 472 valence electrons. The number of benzene rings is 3. The number of hydrogen-bond donors (Lipinski definition) is 0. The molecule has 0 atom stereocenters. The van der Waals surface area contributed by atoms with Crippen molar-refractivity contribution < 1.29 is 37.4 Å². The fourth-order valence-electron chi connectivity index (χ4n) is 9.77. The Balaban J connectivity index is 0.000000160. The summed E-state index contributed by atoms with van der Waals surface area (Å²) in [5.74, 6) is 3.69. The van der Waals surface area contributed by atoms with Crippen LogP contribution >= 0.6 is 21.5 Å². The van der Waals surface area contributed by atoms with Gasteiger partial charge in [-0.2, -0.15) is 55.9 Å². The summed E-state index contributed by atoms with van der Waals surface area (Å²) in [6, 6.07) is 33.4. The first-order valence-corrected chi connectivity index (χ1v) is 34.9. The molecule has 6 aromatic heterocycles. The Morgan fingerprint density at radius 2 is 1.33 bits per heavy atom. The van der Waals surface area contributed by atoms with Crippen LogP contribution in [-0.4, -0.2) is 160 Å². The van der Waals surface area contributed by atoms with Crippen molar-refractivity contribution in [2.24, 2.45) is 15.0 Å². The summed E-state index contributed by atoms with van der Waals surface area (Å²) in [6.45, 7) is 23.5. The second-order valence-electron chi connectivity index (χ2n) is 21.1. The van der Waals surface area contributed by atoms with Gasteiger partial charge < -0.3 is 7.58 Å². The fraction of sp³-hybridized carbons (Fsp3) is 0.333. The van der Waals surface area contributed by atoms with Gasteiger partial charge in [0.15, 0.2) is 29.0 Å². The zero-order chi connectivity index (χ0) is 66.5. The molecule has 0 saturated carbocycles. The Morgan fingerprint density at radius 3 is 1.88 bits per heavy atom. The van der Waals surface area contributed by atoms with Gasteiger partial charge in [0, 0.05) is 35.6 Å². The van der Waals surface area contributed by atoms with Crippen molar-refractivity contribution in [3.8, 4) is 35.2 Å². The summed E-state index contributed by atoms with van der Waals surface area (Å²) in [5.41, 5.74) is 6.07. The van der Waals surface area contributed by atoms with Gasteiger partial charge in [0.1, 0.15) is 10.8 Å². The predicted molar refractivity (Wildman–Crippen MR) is 350 cm³/mol. The molecular weight excluding hydrogens is 1340 g/mol. The van der Waals surface area contributed by atoms with Gasteiger partial charge in [0.2, 0.25) is 0 Å². The molecule has 0 unspecified atom stereocenters. The molecule has 0 spiro atoms. The van der Waals surface area contributed by atoms with Gasteiger partial charge in [0.25, 0.3) is 27.1 Å². The van der Waals surface area contributed by atoms with E-state index >= 15 is 0 Å². The molecule has 20 nitrogen and oxygen atoms in total. The fourth-order valence-corrected chi connectivity index (χ4v) is 13.0.